The van der Waals surface area contributed by atoms with Crippen LogP contribution in [0.5, 0.6) is 11.6 Å². The van der Waals surface area contributed by atoms with Gasteiger partial charge in [-0.25, -0.2) is 15.0 Å². The standard InChI is InChI=1S/C23H22ClN7O3/c1-12(32)27-18-9-15(6-7-25-18)34-21-19(24)20-17(10-26-21)29-23(31(20)3)28-16-8-14(13-4-5-13)11-30(2)22(16)33/h6-11,13H,4-5H2,1-3H3,(H,28,29)(H,25,27,32). The van der Waals surface area contributed by atoms with Crippen molar-refractivity contribution in [2.24, 2.45) is 14.1 Å². The fourth-order valence-corrected chi connectivity index (χ4v) is 4.06. The highest BCUT2D eigenvalue weighted by molar-refractivity contribution is 6.36. The van der Waals surface area contributed by atoms with Crippen LogP contribution in [0.25, 0.3) is 11.0 Å². The van der Waals surface area contributed by atoms with Crippen molar-refractivity contribution in [2.45, 2.75) is 25.7 Å². The van der Waals surface area contributed by atoms with Gasteiger partial charge in [-0.1, -0.05) is 11.6 Å². The molecule has 4 heterocycles. The maximum absolute atomic E-state index is 12.7. The Morgan fingerprint density at radius 3 is 2.76 bits per heavy atom. The average Bonchev–Trinajstić information content (AvgIpc) is 3.58. The van der Waals surface area contributed by atoms with E-state index < -0.39 is 0 Å². The first kappa shape index (κ1) is 21.9. The van der Waals surface area contributed by atoms with E-state index in [1.54, 1.807) is 41.6 Å². The van der Waals surface area contributed by atoms with Crippen LogP contribution in [-0.2, 0) is 18.9 Å². The van der Waals surface area contributed by atoms with Crippen LogP contribution in [0, 0.1) is 0 Å². The van der Waals surface area contributed by atoms with E-state index in [0.29, 0.717) is 40.2 Å². The van der Waals surface area contributed by atoms with Gasteiger partial charge >= 0.3 is 0 Å². The normalized spacial score (nSPS) is 13.2. The molecule has 174 valence electrons. The number of pyridine rings is 3. The smallest absolute Gasteiger partial charge is 0.274 e. The molecule has 0 bridgehead atoms. The van der Waals surface area contributed by atoms with Crippen LogP contribution >= 0.6 is 11.6 Å². The molecule has 0 saturated heterocycles. The first-order chi connectivity index (χ1) is 16.3. The average molecular weight is 480 g/mol. The number of hydrogen-bond donors (Lipinski definition) is 2. The lowest BCUT2D eigenvalue weighted by atomic mass is 10.2. The summed E-state index contributed by atoms with van der Waals surface area (Å²) >= 11 is 6.64. The van der Waals surface area contributed by atoms with Crippen LogP contribution in [0.4, 0.5) is 17.5 Å². The number of carbonyl (C=O) groups excluding carboxylic acids is 1. The van der Waals surface area contributed by atoms with E-state index >= 15 is 0 Å². The molecule has 0 aliphatic heterocycles. The number of ether oxygens (including phenoxy) is 1. The molecule has 0 unspecified atom stereocenters. The highest BCUT2D eigenvalue weighted by Crippen LogP contribution is 2.40. The van der Waals surface area contributed by atoms with E-state index in [0.717, 1.165) is 18.4 Å². The highest BCUT2D eigenvalue weighted by Gasteiger charge is 2.25. The molecule has 0 aromatic carbocycles. The van der Waals surface area contributed by atoms with Crippen molar-refractivity contribution >= 4 is 46.0 Å². The summed E-state index contributed by atoms with van der Waals surface area (Å²) in [5.74, 6) is 1.66. The van der Waals surface area contributed by atoms with Crippen molar-refractivity contribution in [2.75, 3.05) is 10.6 Å². The predicted octanol–water partition coefficient (Wildman–Crippen LogP) is 4.09. The SMILES string of the molecule is CC(=O)Nc1cc(Oc2ncc3nc(Nc4cc(C5CC5)cn(C)c4=O)n(C)c3c2Cl)ccn1. The van der Waals surface area contributed by atoms with Gasteiger partial charge in [0.2, 0.25) is 17.7 Å². The van der Waals surface area contributed by atoms with Gasteiger partial charge in [0.05, 0.1) is 11.7 Å². The van der Waals surface area contributed by atoms with Gasteiger partial charge in [-0.3, -0.25) is 9.59 Å². The lowest BCUT2D eigenvalue weighted by molar-refractivity contribution is -0.114. The summed E-state index contributed by atoms with van der Waals surface area (Å²) < 4.78 is 9.20. The number of nitrogens with one attached hydrogen (secondary N) is 2. The molecular formula is C23H22ClN7O3. The number of anilines is 3. The molecule has 11 heteroatoms. The topological polar surface area (TPSA) is 116 Å². The highest BCUT2D eigenvalue weighted by atomic mass is 35.5. The number of aryl methyl sites for hydroxylation is 2. The minimum absolute atomic E-state index is 0.141. The Labute approximate surface area is 199 Å². The zero-order valence-corrected chi connectivity index (χ0v) is 19.6. The Hall–Kier alpha value is -3.92. The molecule has 5 rings (SSSR count). The van der Waals surface area contributed by atoms with E-state index in [4.69, 9.17) is 16.3 Å². The van der Waals surface area contributed by atoms with E-state index in [2.05, 4.69) is 25.6 Å². The van der Waals surface area contributed by atoms with Crippen LogP contribution in [0.15, 0.2) is 41.6 Å². The second-order valence-electron chi connectivity index (χ2n) is 8.27. The number of aromatic nitrogens is 5. The Kier molecular flexibility index (Phi) is 5.45. The molecule has 1 fully saturated rings. The lowest BCUT2D eigenvalue weighted by Gasteiger charge is -2.11. The quantitative estimate of drug-likeness (QED) is 0.428. The third kappa shape index (κ3) is 4.19. The third-order valence-electron chi connectivity index (χ3n) is 5.57. The summed E-state index contributed by atoms with van der Waals surface area (Å²) in [7, 11) is 3.54. The van der Waals surface area contributed by atoms with Gasteiger partial charge in [-0.15, -0.1) is 0 Å². The van der Waals surface area contributed by atoms with Crippen molar-refractivity contribution in [1.82, 2.24) is 24.1 Å². The lowest BCUT2D eigenvalue weighted by Crippen LogP contribution is -2.20. The molecule has 0 spiro atoms. The van der Waals surface area contributed by atoms with Crippen molar-refractivity contribution in [3.05, 3.63) is 57.7 Å². The molecule has 1 amide bonds. The summed E-state index contributed by atoms with van der Waals surface area (Å²) in [4.78, 5) is 36.9. The van der Waals surface area contributed by atoms with Gasteiger partial charge in [0, 0.05) is 39.5 Å². The number of carbonyl (C=O) groups is 1. The third-order valence-corrected chi connectivity index (χ3v) is 5.91. The molecule has 0 radical (unpaired) electrons. The molecule has 1 saturated carbocycles. The Balaban J connectivity index is 1.47. The van der Waals surface area contributed by atoms with Gasteiger partial charge < -0.3 is 24.5 Å². The summed E-state index contributed by atoms with van der Waals surface area (Å²) in [6, 6.07) is 5.10. The largest absolute Gasteiger partial charge is 0.437 e. The van der Waals surface area contributed by atoms with Gasteiger partial charge in [-0.05, 0) is 36.5 Å². The Bertz CT molecular complexity index is 1490. The van der Waals surface area contributed by atoms with Gasteiger partial charge in [0.1, 0.15) is 27.8 Å². The van der Waals surface area contributed by atoms with Crippen LogP contribution in [-0.4, -0.2) is 30.0 Å². The van der Waals surface area contributed by atoms with Crippen molar-refractivity contribution in [1.29, 1.82) is 0 Å². The number of imidazole rings is 1. The van der Waals surface area contributed by atoms with Gasteiger partial charge in [0.15, 0.2) is 0 Å². The maximum atomic E-state index is 12.7. The summed E-state index contributed by atoms with van der Waals surface area (Å²) in [5.41, 5.74) is 2.59. The number of rotatable bonds is 6. The van der Waals surface area contributed by atoms with E-state index in [1.807, 2.05) is 12.3 Å². The molecule has 4 aromatic rings. The molecule has 34 heavy (non-hydrogen) atoms. The zero-order chi connectivity index (χ0) is 24.0. The first-order valence-corrected chi connectivity index (χ1v) is 11.1. The van der Waals surface area contributed by atoms with Crippen molar-refractivity contribution in [3.63, 3.8) is 0 Å². The van der Waals surface area contributed by atoms with Crippen molar-refractivity contribution in [3.8, 4) is 11.6 Å². The van der Waals surface area contributed by atoms with Gasteiger partial charge in [-0.2, -0.15) is 0 Å². The number of hydrogen-bond acceptors (Lipinski definition) is 7. The molecule has 2 N–H and O–H groups in total. The number of halogens is 1. The maximum Gasteiger partial charge on any atom is 0.274 e. The van der Waals surface area contributed by atoms with Crippen LogP contribution in [0.2, 0.25) is 5.02 Å². The minimum atomic E-state index is -0.241. The molecule has 1 aliphatic carbocycles. The first-order valence-electron chi connectivity index (χ1n) is 10.7. The van der Waals surface area contributed by atoms with E-state index in [9.17, 15) is 9.59 Å². The van der Waals surface area contributed by atoms with Gasteiger partial charge in [0.25, 0.3) is 5.56 Å². The predicted molar refractivity (Wildman–Crippen MR) is 129 cm³/mol. The van der Waals surface area contributed by atoms with E-state index in [-0.39, 0.29) is 22.4 Å². The van der Waals surface area contributed by atoms with Crippen LogP contribution in [0.3, 0.4) is 0 Å². The Morgan fingerprint density at radius 1 is 1.24 bits per heavy atom. The van der Waals surface area contributed by atoms with Crippen LogP contribution < -0.4 is 20.9 Å². The second-order valence-corrected chi connectivity index (χ2v) is 8.65. The fourth-order valence-electron chi connectivity index (χ4n) is 3.75. The Morgan fingerprint density at radius 2 is 2.03 bits per heavy atom. The number of amides is 1. The molecule has 0 atom stereocenters. The second kappa shape index (κ2) is 8.45. The summed E-state index contributed by atoms with van der Waals surface area (Å²) in [6.07, 6.45) is 7.22. The zero-order valence-electron chi connectivity index (χ0n) is 18.8. The fraction of sp³-hybridized carbons (Fsp3) is 0.261. The monoisotopic (exact) mass is 479 g/mol. The van der Waals surface area contributed by atoms with Crippen molar-refractivity contribution < 1.29 is 9.53 Å². The minimum Gasteiger partial charge on any atom is -0.437 e. The summed E-state index contributed by atoms with van der Waals surface area (Å²) in [5, 5.41) is 6.02. The molecule has 4 aromatic heterocycles. The van der Waals surface area contributed by atoms with Crippen LogP contribution in [0.1, 0.15) is 31.2 Å². The molecular weight excluding hydrogens is 458 g/mol. The van der Waals surface area contributed by atoms with E-state index in [1.165, 1.54) is 13.1 Å². The number of fused-ring (bicyclic) bond motifs is 1. The molecule has 10 nitrogen and oxygen atoms in total. The summed E-state index contributed by atoms with van der Waals surface area (Å²) in [6.45, 7) is 1.40. The molecule has 1 aliphatic rings. The number of nitrogens with zero attached hydrogens (tertiary/aromatic N) is 5.